The number of nitrogens with one attached hydrogen (secondary N) is 1. The van der Waals surface area contributed by atoms with Crippen LogP contribution in [0.3, 0.4) is 0 Å². The van der Waals surface area contributed by atoms with E-state index in [0.717, 1.165) is 25.9 Å². The van der Waals surface area contributed by atoms with E-state index in [0.29, 0.717) is 36.0 Å². The molecule has 0 aromatic heterocycles. The normalized spacial score (nSPS) is 16.1. The van der Waals surface area contributed by atoms with Crippen LogP contribution in [0, 0.1) is 0 Å². The average molecular weight is 416 g/mol. The number of hydrogen-bond donors (Lipinski definition) is 1. The van der Waals surface area contributed by atoms with E-state index in [1.54, 1.807) is 18.2 Å². The molecule has 0 spiro atoms. The molecule has 4 rings (SSSR count). The fraction of sp³-hybridized carbons (Fsp3) is 0.381. The number of amides is 1. The third kappa shape index (κ3) is 3.47. The number of carbonyl (C=O) groups excluding carboxylic acids is 1. The molecular formula is C21H25N3O4S. The predicted octanol–water partition coefficient (Wildman–Crippen LogP) is 3.68. The van der Waals surface area contributed by atoms with Gasteiger partial charge in [0.05, 0.1) is 16.9 Å². The minimum atomic E-state index is -3.75. The third-order valence-corrected chi connectivity index (χ3v) is 7.51. The third-order valence-electron chi connectivity index (χ3n) is 5.43. The smallest absolute Gasteiger partial charge is 0.259 e. The maximum absolute atomic E-state index is 13.4. The highest BCUT2D eigenvalue weighted by atomic mass is 32.2. The number of rotatable bonds is 5. The van der Waals surface area contributed by atoms with Gasteiger partial charge in [-0.2, -0.15) is 4.31 Å². The molecule has 2 aliphatic heterocycles. The Morgan fingerprint density at radius 3 is 2.45 bits per heavy atom. The number of nitrogens with zero attached hydrogens (tertiary/aromatic N) is 2. The maximum Gasteiger partial charge on any atom is 0.259 e. The lowest BCUT2D eigenvalue weighted by molar-refractivity contribution is 0.102. The number of carbonyl (C=O) groups is 1. The standard InChI is InChI=1S/C21H25N3O4S/c1-3-24(4-2)29(26,27)20-13-15-19(14-17(20)23-11-7-8-12-23)28-18-10-6-5-9-16(18)22-21(15)25/h5-6,9-10,13-14H,3-4,7-8,11-12H2,1-2H3,(H,22,25). The zero-order chi connectivity index (χ0) is 20.6. The summed E-state index contributed by atoms with van der Waals surface area (Å²) >= 11 is 0. The van der Waals surface area contributed by atoms with Crippen LogP contribution in [-0.4, -0.2) is 44.8 Å². The SMILES string of the molecule is CCN(CC)S(=O)(=O)c1cc2c(cc1N1CCCC1)Oc1ccccc1NC2=O. The fourth-order valence-corrected chi connectivity index (χ4v) is 5.57. The van der Waals surface area contributed by atoms with Crippen molar-refractivity contribution in [1.82, 2.24) is 4.31 Å². The monoisotopic (exact) mass is 415 g/mol. The van der Waals surface area contributed by atoms with Crippen LogP contribution in [0.2, 0.25) is 0 Å². The van der Waals surface area contributed by atoms with E-state index >= 15 is 0 Å². The summed E-state index contributed by atoms with van der Waals surface area (Å²) in [7, 11) is -3.75. The van der Waals surface area contributed by atoms with Crippen molar-refractivity contribution in [2.45, 2.75) is 31.6 Å². The van der Waals surface area contributed by atoms with Gasteiger partial charge in [0.2, 0.25) is 10.0 Å². The van der Waals surface area contributed by atoms with Crippen molar-refractivity contribution < 1.29 is 17.9 Å². The van der Waals surface area contributed by atoms with E-state index in [1.807, 2.05) is 26.0 Å². The van der Waals surface area contributed by atoms with Gasteiger partial charge in [-0.1, -0.05) is 26.0 Å². The summed E-state index contributed by atoms with van der Waals surface area (Å²) < 4.78 is 34.2. The fourth-order valence-electron chi connectivity index (χ4n) is 3.89. The highest BCUT2D eigenvalue weighted by molar-refractivity contribution is 7.89. The van der Waals surface area contributed by atoms with Crippen molar-refractivity contribution in [3.05, 3.63) is 42.0 Å². The molecular weight excluding hydrogens is 390 g/mol. The van der Waals surface area contributed by atoms with Crippen molar-refractivity contribution in [3.8, 4) is 11.5 Å². The van der Waals surface area contributed by atoms with E-state index in [2.05, 4.69) is 10.2 Å². The second kappa shape index (κ2) is 7.68. The van der Waals surface area contributed by atoms with Gasteiger partial charge in [-0.15, -0.1) is 0 Å². The van der Waals surface area contributed by atoms with E-state index in [4.69, 9.17) is 4.74 Å². The number of para-hydroxylation sites is 2. The summed E-state index contributed by atoms with van der Waals surface area (Å²) in [4.78, 5) is 15.1. The van der Waals surface area contributed by atoms with Gasteiger partial charge >= 0.3 is 0 Å². The molecule has 1 N–H and O–H groups in total. The molecule has 2 aliphatic rings. The van der Waals surface area contributed by atoms with Gasteiger partial charge in [-0.05, 0) is 31.0 Å². The van der Waals surface area contributed by atoms with Gasteiger partial charge in [0, 0.05) is 32.2 Å². The molecule has 29 heavy (non-hydrogen) atoms. The molecule has 0 aliphatic carbocycles. The maximum atomic E-state index is 13.4. The summed E-state index contributed by atoms with van der Waals surface area (Å²) in [6.45, 7) is 5.91. The summed E-state index contributed by atoms with van der Waals surface area (Å²) in [5.74, 6) is 0.521. The number of fused-ring (bicyclic) bond motifs is 2. The molecule has 2 heterocycles. The minimum absolute atomic E-state index is 0.159. The number of benzene rings is 2. The average Bonchev–Trinajstić information content (AvgIpc) is 3.20. The summed E-state index contributed by atoms with van der Waals surface area (Å²) in [6.07, 6.45) is 2.01. The van der Waals surface area contributed by atoms with E-state index < -0.39 is 10.0 Å². The first-order chi connectivity index (χ1) is 14.0. The van der Waals surface area contributed by atoms with Crippen molar-refractivity contribution in [1.29, 1.82) is 0 Å². The van der Waals surface area contributed by atoms with Crippen molar-refractivity contribution >= 4 is 27.3 Å². The first-order valence-corrected chi connectivity index (χ1v) is 11.4. The lowest BCUT2D eigenvalue weighted by atomic mass is 10.1. The molecule has 154 valence electrons. The topological polar surface area (TPSA) is 79.0 Å². The quantitative estimate of drug-likeness (QED) is 0.806. The van der Waals surface area contributed by atoms with Crippen molar-refractivity contribution in [2.24, 2.45) is 0 Å². The molecule has 0 unspecified atom stereocenters. The second-order valence-corrected chi connectivity index (χ2v) is 9.06. The lowest BCUT2D eigenvalue weighted by Crippen LogP contribution is -2.32. The van der Waals surface area contributed by atoms with Crippen LogP contribution >= 0.6 is 0 Å². The van der Waals surface area contributed by atoms with Gasteiger partial charge in [0.15, 0.2) is 5.75 Å². The molecule has 0 saturated carbocycles. The Morgan fingerprint density at radius 2 is 1.76 bits per heavy atom. The van der Waals surface area contributed by atoms with Gasteiger partial charge in [0.1, 0.15) is 10.6 Å². The Labute approximate surface area is 171 Å². The van der Waals surface area contributed by atoms with Gasteiger partial charge in [-0.25, -0.2) is 8.42 Å². The first kappa shape index (κ1) is 19.7. The molecule has 7 nitrogen and oxygen atoms in total. The molecule has 1 fully saturated rings. The zero-order valence-corrected chi connectivity index (χ0v) is 17.5. The van der Waals surface area contributed by atoms with Crippen LogP contribution in [0.5, 0.6) is 11.5 Å². The molecule has 8 heteroatoms. The van der Waals surface area contributed by atoms with Crippen LogP contribution in [0.25, 0.3) is 0 Å². The Kier molecular flexibility index (Phi) is 5.23. The molecule has 1 amide bonds. The van der Waals surface area contributed by atoms with Gasteiger partial charge in [-0.3, -0.25) is 4.79 Å². The number of ether oxygens (including phenoxy) is 1. The molecule has 2 aromatic carbocycles. The van der Waals surface area contributed by atoms with E-state index in [9.17, 15) is 13.2 Å². The van der Waals surface area contributed by atoms with Crippen LogP contribution in [-0.2, 0) is 10.0 Å². The summed E-state index contributed by atoms with van der Waals surface area (Å²) in [5, 5.41) is 2.82. The van der Waals surface area contributed by atoms with Crippen molar-refractivity contribution in [2.75, 3.05) is 36.4 Å². The lowest BCUT2D eigenvalue weighted by Gasteiger charge is -2.26. The van der Waals surface area contributed by atoms with Crippen LogP contribution < -0.4 is 15.0 Å². The first-order valence-electron chi connectivity index (χ1n) is 9.97. The Hall–Kier alpha value is -2.58. The predicted molar refractivity (Wildman–Crippen MR) is 112 cm³/mol. The number of sulfonamides is 1. The second-order valence-electron chi connectivity index (χ2n) is 7.15. The molecule has 0 atom stereocenters. The van der Waals surface area contributed by atoms with Crippen LogP contribution in [0.4, 0.5) is 11.4 Å². The van der Waals surface area contributed by atoms with Gasteiger partial charge < -0.3 is 15.0 Å². The molecule has 0 radical (unpaired) electrons. The zero-order valence-electron chi connectivity index (χ0n) is 16.6. The van der Waals surface area contributed by atoms with E-state index in [1.165, 1.54) is 10.4 Å². The largest absolute Gasteiger partial charge is 0.454 e. The highest BCUT2D eigenvalue weighted by Crippen LogP contribution is 2.41. The Morgan fingerprint density at radius 1 is 1.07 bits per heavy atom. The van der Waals surface area contributed by atoms with Gasteiger partial charge in [0.25, 0.3) is 5.91 Å². The van der Waals surface area contributed by atoms with Crippen LogP contribution in [0.15, 0.2) is 41.3 Å². The Balaban J connectivity index is 1.91. The van der Waals surface area contributed by atoms with Crippen LogP contribution in [0.1, 0.15) is 37.0 Å². The van der Waals surface area contributed by atoms with E-state index in [-0.39, 0.29) is 16.4 Å². The molecule has 1 saturated heterocycles. The minimum Gasteiger partial charge on any atom is -0.454 e. The molecule has 2 aromatic rings. The summed E-state index contributed by atoms with van der Waals surface area (Å²) in [5.41, 5.74) is 1.37. The number of hydrogen-bond acceptors (Lipinski definition) is 5. The molecule has 0 bridgehead atoms. The number of anilines is 2. The Bertz CT molecular complexity index is 1040. The summed E-state index contributed by atoms with van der Waals surface area (Å²) in [6, 6.07) is 10.4. The van der Waals surface area contributed by atoms with Crippen molar-refractivity contribution in [3.63, 3.8) is 0 Å². The highest BCUT2D eigenvalue weighted by Gasteiger charge is 2.32.